The molecule has 0 bridgehead atoms. The first-order valence-corrected chi connectivity index (χ1v) is 8.95. The van der Waals surface area contributed by atoms with Crippen molar-refractivity contribution in [3.05, 3.63) is 66.0 Å². The van der Waals surface area contributed by atoms with E-state index < -0.39 is 6.10 Å². The van der Waals surface area contributed by atoms with Gasteiger partial charge in [0.2, 0.25) is 0 Å². The van der Waals surface area contributed by atoms with Crippen LogP contribution in [-0.2, 0) is 11.3 Å². The predicted octanol–water partition coefficient (Wildman–Crippen LogP) is -6.17. The van der Waals surface area contributed by atoms with Crippen molar-refractivity contribution in [2.75, 3.05) is 39.3 Å². The molecule has 1 aliphatic rings. The minimum Gasteiger partial charge on any atom is -1.00 e. The SMILES string of the molecule is OC(COCc1ccccc1)C[NH+]1CC[NH+](c2ccccc2F)CC1.[Cl-].[Cl-]. The van der Waals surface area contributed by atoms with Crippen LogP contribution in [0.4, 0.5) is 10.1 Å². The Morgan fingerprint density at radius 1 is 0.926 bits per heavy atom. The van der Waals surface area contributed by atoms with E-state index >= 15 is 0 Å². The highest BCUT2D eigenvalue weighted by Crippen LogP contribution is 2.07. The maximum Gasteiger partial charge on any atom is 0.183 e. The van der Waals surface area contributed by atoms with Gasteiger partial charge in [0.15, 0.2) is 11.5 Å². The number of quaternary nitrogens is 2. The third kappa shape index (κ3) is 7.37. The molecular formula is C20H27Cl2FN2O2. The van der Waals surface area contributed by atoms with Crippen LogP contribution in [-0.4, -0.2) is 50.5 Å². The van der Waals surface area contributed by atoms with Crippen molar-refractivity contribution in [2.45, 2.75) is 12.7 Å². The maximum atomic E-state index is 13.9. The fourth-order valence-electron chi connectivity index (χ4n) is 3.41. The van der Waals surface area contributed by atoms with Gasteiger partial charge in [-0.2, -0.15) is 0 Å². The summed E-state index contributed by atoms with van der Waals surface area (Å²) >= 11 is 0. The molecule has 1 fully saturated rings. The van der Waals surface area contributed by atoms with Crippen LogP contribution in [0.1, 0.15) is 5.56 Å². The highest BCUT2D eigenvalue weighted by atomic mass is 35.5. The molecule has 0 saturated carbocycles. The molecule has 4 nitrogen and oxygen atoms in total. The van der Waals surface area contributed by atoms with Gasteiger partial charge in [0, 0.05) is 6.07 Å². The molecule has 0 aliphatic carbocycles. The largest absolute Gasteiger partial charge is 1.00 e. The molecule has 2 aromatic rings. The number of benzene rings is 2. The van der Waals surface area contributed by atoms with E-state index in [0.29, 0.717) is 19.8 Å². The number of halogens is 3. The Morgan fingerprint density at radius 2 is 1.56 bits per heavy atom. The minimum atomic E-state index is -0.464. The van der Waals surface area contributed by atoms with Gasteiger partial charge in [-0.25, -0.2) is 4.39 Å². The first-order chi connectivity index (χ1) is 12.2. The minimum absolute atomic E-state index is 0. The molecule has 0 radical (unpaired) electrons. The number of aliphatic hydroxyl groups excluding tert-OH is 1. The zero-order chi connectivity index (χ0) is 17.5. The van der Waals surface area contributed by atoms with Gasteiger partial charge >= 0.3 is 0 Å². The van der Waals surface area contributed by atoms with E-state index in [9.17, 15) is 9.50 Å². The van der Waals surface area contributed by atoms with Gasteiger partial charge in [-0.15, -0.1) is 0 Å². The fourth-order valence-corrected chi connectivity index (χ4v) is 3.41. The van der Waals surface area contributed by atoms with Crippen molar-refractivity contribution in [3.63, 3.8) is 0 Å². The van der Waals surface area contributed by atoms with Crippen LogP contribution in [0.5, 0.6) is 0 Å². The lowest BCUT2D eigenvalue weighted by Crippen LogP contribution is -3.26. The van der Waals surface area contributed by atoms with Crippen LogP contribution in [0.15, 0.2) is 54.6 Å². The Kier molecular flexibility index (Phi) is 10.8. The first kappa shape index (κ1) is 23.8. The molecule has 27 heavy (non-hydrogen) atoms. The number of piperazine rings is 1. The number of nitrogens with one attached hydrogen (secondary N) is 2. The lowest BCUT2D eigenvalue weighted by molar-refractivity contribution is -0.988. The standard InChI is InChI=1S/C20H25FN2O2.2ClH/c21-19-8-4-5-9-20(19)23-12-10-22(11-13-23)14-18(24)16-25-15-17-6-2-1-3-7-17;;/h1-9,18,24H,10-16H2;2*1H. The number of hydrogen-bond donors (Lipinski definition) is 3. The van der Waals surface area contributed by atoms with Crippen molar-refractivity contribution >= 4 is 5.69 Å². The van der Waals surface area contributed by atoms with Gasteiger partial charge in [-0.05, 0) is 11.6 Å². The Balaban J connectivity index is 0.00000182. The Labute approximate surface area is 172 Å². The summed E-state index contributed by atoms with van der Waals surface area (Å²) in [5.74, 6) is -0.129. The monoisotopic (exact) mass is 416 g/mol. The van der Waals surface area contributed by atoms with Gasteiger partial charge in [0.1, 0.15) is 38.8 Å². The van der Waals surface area contributed by atoms with Crippen LogP contribution in [0.2, 0.25) is 0 Å². The third-order valence-electron chi connectivity index (χ3n) is 4.76. The zero-order valence-corrected chi connectivity index (χ0v) is 16.7. The molecule has 1 unspecified atom stereocenters. The molecule has 1 aliphatic heterocycles. The highest BCUT2D eigenvalue weighted by molar-refractivity contribution is 5.30. The van der Waals surface area contributed by atoms with Crippen molar-refractivity contribution in [2.24, 2.45) is 0 Å². The molecule has 1 heterocycles. The maximum absolute atomic E-state index is 13.9. The second-order valence-corrected chi connectivity index (χ2v) is 6.69. The first-order valence-electron chi connectivity index (χ1n) is 8.95. The van der Waals surface area contributed by atoms with Crippen LogP contribution >= 0.6 is 0 Å². The molecule has 0 amide bonds. The number of rotatable bonds is 7. The Morgan fingerprint density at radius 3 is 2.22 bits per heavy atom. The molecule has 2 aromatic carbocycles. The molecule has 7 heteroatoms. The average Bonchev–Trinajstić information content (AvgIpc) is 2.64. The Bertz CT molecular complexity index is 655. The second kappa shape index (κ2) is 12.3. The summed E-state index contributed by atoms with van der Waals surface area (Å²) in [6.07, 6.45) is -0.464. The number of para-hydroxylation sites is 1. The molecule has 1 saturated heterocycles. The van der Waals surface area contributed by atoms with E-state index in [0.717, 1.165) is 37.4 Å². The number of hydrogen-bond acceptors (Lipinski definition) is 2. The summed E-state index contributed by atoms with van der Waals surface area (Å²) in [6, 6.07) is 17.0. The zero-order valence-electron chi connectivity index (χ0n) is 15.2. The van der Waals surface area contributed by atoms with Gasteiger partial charge in [-0.3, -0.25) is 4.90 Å². The van der Waals surface area contributed by atoms with Gasteiger partial charge in [-0.1, -0.05) is 42.5 Å². The van der Waals surface area contributed by atoms with Crippen molar-refractivity contribution in [3.8, 4) is 0 Å². The molecular weight excluding hydrogens is 390 g/mol. The van der Waals surface area contributed by atoms with Crippen LogP contribution < -0.4 is 34.6 Å². The Hall–Kier alpha value is -1.21. The smallest absolute Gasteiger partial charge is 0.183 e. The molecule has 0 spiro atoms. The molecule has 0 aromatic heterocycles. The normalized spacial score (nSPS) is 20.2. The van der Waals surface area contributed by atoms with Crippen LogP contribution in [0.25, 0.3) is 0 Å². The highest BCUT2D eigenvalue weighted by Gasteiger charge is 2.27. The predicted molar refractivity (Wildman–Crippen MR) is 94.4 cm³/mol. The topological polar surface area (TPSA) is 38.3 Å². The van der Waals surface area contributed by atoms with E-state index in [4.69, 9.17) is 4.74 Å². The fraction of sp³-hybridized carbons (Fsp3) is 0.400. The lowest BCUT2D eigenvalue weighted by Gasteiger charge is -2.30. The van der Waals surface area contributed by atoms with Crippen molar-refractivity contribution < 1.29 is 48.8 Å². The third-order valence-corrected chi connectivity index (χ3v) is 4.76. The second-order valence-electron chi connectivity index (χ2n) is 6.69. The average molecular weight is 417 g/mol. The van der Waals surface area contributed by atoms with E-state index in [1.807, 2.05) is 42.5 Å². The van der Waals surface area contributed by atoms with Crippen LogP contribution in [0, 0.1) is 5.82 Å². The quantitative estimate of drug-likeness (QED) is 0.420. The molecule has 3 rings (SSSR count). The summed E-state index contributed by atoms with van der Waals surface area (Å²) in [7, 11) is 0. The molecule has 3 N–H and O–H groups in total. The van der Waals surface area contributed by atoms with Crippen molar-refractivity contribution in [1.82, 2.24) is 0 Å². The molecule has 150 valence electrons. The van der Waals surface area contributed by atoms with Crippen LogP contribution in [0.3, 0.4) is 0 Å². The van der Waals surface area contributed by atoms with E-state index in [2.05, 4.69) is 0 Å². The van der Waals surface area contributed by atoms with Gasteiger partial charge in [0.05, 0.1) is 13.2 Å². The van der Waals surface area contributed by atoms with Gasteiger partial charge < -0.3 is 39.6 Å². The number of aliphatic hydroxyl groups is 1. The number of ether oxygens (including phenoxy) is 1. The summed E-state index contributed by atoms with van der Waals surface area (Å²) in [5.41, 5.74) is 1.87. The van der Waals surface area contributed by atoms with E-state index in [1.54, 1.807) is 6.07 Å². The summed E-state index contributed by atoms with van der Waals surface area (Å²) in [5, 5.41) is 10.2. The van der Waals surface area contributed by atoms with Crippen molar-refractivity contribution in [1.29, 1.82) is 0 Å². The molecule has 1 atom stereocenters. The van der Waals surface area contributed by atoms with E-state index in [1.165, 1.54) is 15.9 Å². The lowest BCUT2D eigenvalue weighted by atomic mass is 10.2. The van der Waals surface area contributed by atoms with E-state index in [-0.39, 0.29) is 30.6 Å². The summed E-state index contributed by atoms with van der Waals surface area (Å²) in [4.78, 5) is 2.55. The summed E-state index contributed by atoms with van der Waals surface area (Å²) in [6.45, 7) is 5.18. The summed E-state index contributed by atoms with van der Waals surface area (Å²) < 4.78 is 19.5. The van der Waals surface area contributed by atoms with Gasteiger partial charge in [0.25, 0.3) is 0 Å².